The molecule has 2 N–H and O–H groups in total. The summed E-state index contributed by atoms with van der Waals surface area (Å²) in [4.78, 5) is 11.6. The number of Topliss-reactive ketones (excluding diaryl/α,β-unsaturated/α-hetero) is 1. The molecule has 0 aromatic heterocycles. The van der Waals surface area contributed by atoms with Crippen LogP contribution in [0.25, 0.3) is 0 Å². The van der Waals surface area contributed by atoms with Gasteiger partial charge in [0.25, 0.3) is 0 Å². The van der Waals surface area contributed by atoms with Crippen molar-refractivity contribution in [1.82, 2.24) is 0 Å². The molecule has 0 bridgehead atoms. The molecule has 0 radical (unpaired) electrons. The standard InChI is InChI=1S/C11H12FNO/c1-6-7-3-2-4-10(14)11(7)9(13)5-8(6)12/h5H,2-4,13H2,1H3. The normalized spacial score (nSPS) is 15.4. The van der Waals surface area contributed by atoms with Crippen molar-refractivity contribution in [2.24, 2.45) is 0 Å². The molecule has 0 heterocycles. The van der Waals surface area contributed by atoms with Crippen LogP contribution < -0.4 is 5.73 Å². The van der Waals surface area contributed by atoms with Gasteiger partial charge < -0.3 is 5.73 Å². The molecular weight excluding hydrogens is 181 g/mol. The number of nitrogen functional groups attached to an aromatic ring is 1. The molecule has 1 aliphatic rings. The highest BCUT2D eigenvalue weighted by atomic mass is 19.1. The van der Waals surface area contributed by atoms with Gasteiger partial charge in [0.2, 0.25) is 0 Å². The molecule has 0 saturated heterocycles. The average molecular weight is 193 g/mol. The van der Waals surface area contributed by atoms with Crippen molar-refractivity contribution in [3.05, 3.63) is 28.6 Å². The molecule has 2 rings (SSSR count). The number of ketones is 1. The van der Waals surface area contributed by atoms with E-state index in [1.54, 1.807) is 6.92 Å². The molecular formula is C11H12FNO. The molecule has 0 amide bonds. The SMILES string of the molecule is Cc1c(F)cc(N)c2c1CCCC2=O. The highest BCUT2D eigenvalue weighted by Crippen LogP contribution is 2.30. The van der Waals surface area contributed by atoms with Crippen LogP contribution in [0.1, 0.15) is 34.3 Å². The van der Waals surface area contributed by atoms with Gasteiger partial charge in [0, 0.05) is 17.7 Å². The van der Waals surface area contributed by atoms with Crippen LogP contribution >= 0.6 is 0 Å². The molecule has 0 fully saturated rings. The number of nitrogens with two attached hydrogens (primary N) is 1. The maximum absolute atomic E-state index is 13.3. The number of fused-ring (bicyclic) bond motifs is 1. The van der Waals surface area contributed by atoms with E-state index >= 15 is 0 Å². The lowest BCUT2D eigenvalue weighted by Crippen LogP contribution is -2.15. The van der Waals surface area contributed by atoms with Crippen molar-refractivity contribution in [2.75, 3.05) is 5.73 Å². The average Bonchev–Trinajstić information content (AvgIpc) is 2.14. The van der Waals surface area contributed by atoms with Crippen LogP contribution in [-0.4, -0.2) is 5.78 Å². The maximum Gasteiger partial charge on any atom is 0.165 e. The van der Waals surface area contributed by atoms with Crippen molar-refractivity contribution in [2.45, 2.75) is 26.2 Å². The number of benzene rings is 1. The summed E-state index contributed by atoms with van der Waals surface area (Å²) >= 11 is 0. The third-order valence-electron chi connectivity index (χ3n) is 2.79. The van der Waals surface area contributed by atoms with Gasteiger partial charge in [-0.3, -0.25) is 4.79 Å². The van der Waals surface area contributed by atoms with Crippen molar-refractivity contribution in [3.63, 3.8) is 0 Å². The summed E-state index contributed by atoms with van der Waals surface area (Å²) in [7, 11) is 0. The second-order valence-electron chi connectivity index (χ2n) is 3.70. The Morgan fingerprint density at radius 3 is 2.86 bits per heavy atom. The number of hydrogen-bond acceptors (Lipinski definition) is 2. The van der Waals surface area contributed by atoms with Crippen LogP contribution in [0.5, 0.6) is 0 Å². The molecule has 1 aliphatic carbocycles. The minimum Gasteiger partial charge on any atom is -0.398 e. The van der Waals surface area contributed by atoms with E-state index in [1.807, 2.05) is 0 Å². The van der Waals surface area contributed by atoms with Gasteiger partial charge in [-0.1, -0.05) is 0 Å². The Morgan fingerprint density at radius 1 is 1.43 bits per heavy atom. The molecule has 14 heavy (non-hydrogen) atoms. The molecule has 1 aromatic carbocycles. The summed E-state index contributed by atoms with van der Waals surface area (Å²) in [5.41, 5.74) is 7.85. The van der Waals surface area contributed by atoms with E-state index in [1.165, 1.54) is 6.07 Å². The summed E-state index contributed by atoms with van der Waals surface area (Å²) in [5, 5.41) is 0. The summed E-state index contributed by atoms with van der Waals surface area (Å²) in [6.45, 7) is 1.70. The van der Waals surface area contributed by atoms with Gasteiger partial charge in [-0.2, -0.15) is 0 Å². The lowest BCUT2D eigenvalue weighted by atomic mass is 9.86. The van der Waals surface area contributed by atoms with Crippen LogP contribution in [0.4, 0.5) is 10.1 Å². The van der Waals surface area contributed by atoms with E-state index in [9.17, 15) is 9.18 Å². The largest absolute Gasteiger partial charge is 0.398 e. The van der Waals surface area contributed by atoms with E-state index in [0.29, 0.717) is 17.5 Å². The van der Waals surface area contributed by atoms with Crippen molar-refractivity contribution < 1.29 is 9.18 Å². The number of carbonyl (C=O) groups excluding carboxylic acids is 1. The Morgan fingerprint density at radius 2 is 2.14 bits per heavy atom. The molecule has 0 aliphatic heterocycles. The maximum atomic E-state index is 13.3. The van der Waals surface area contributed by atoms with E-state index < -0.39 is 0 Å². The number of rotatable bonds is 0. The number of hydrogen-bond donors (Lipinski definition) is 1. The summed E-state index contributed by atoms with van der Waals surface area (Å²) in [6, 6.07) is 1.25. The van der Waals surface area contributed by atoms with E-state index in [4.69, 9.17) is 5.73 Å². The van der Waals surface area contributed by atoms with Crippen LogP contribution in [0.2, 0.25) is 0 Å². The molecule has 0 unspecified atom stereocenters. The Hall–Kier alpha value is -1.38. The monoisotopic (exact) mass is 193 g/mol. The molecule has 0 saturated carbocycles. The van der Waals surface area contributed by atoms with Crippen molar-refractivity contribution in [3.8, 4) is 0 Å². The predicted molar refractivity (Wildman–Crippen MR) is 52.8 cm³/mol. The lowest BCUT2D eigenvalue weighted by molar-refractivity contribution is 0.0973. The second kappa shape index (κ2) is 3.08. The van der Waals surface area contributed by atoms with Gasteiger partial charge in [-0.25, -0.2) is 4.39 Å². The first-order valence-corrected chi connectivity index (χ1v) is 4.72. The molecule has 2 nitrogen and oxygen atoms in total. The number of carbonyl (C=O) groups is 1. The lowest BCUT2D eigenvalue weighted by Gasteiger charge is -2.19. The minimum absolute atomic E-state index is 0.0480. The minimum atomic E-state index is -0.309. The first kappa shape index (κ1) is 9.19. The molecule has 1 aromatic rings. The zero-order valence-electron chi connectivity index (χ0n) is 8.06. The summed E-state index contributed by atoms with van der Waals surface area (Å²) in [5.74, 6) is -0.261. The van der Waals surface area contributed by atoms with Crippen LogP contribution in [-0.2, 0) is 6.42 Å². The van der Waals surface area contributed by atoms with Crippen molar-refractivity contribution in [1.29, 1.82) is 0 Å². The third-order valence-corrected chi connectivity index (χ3v) is 2.79. The highest BCUT2D eigenvalue weighted by molar-refractivity contribution is 6.03. The van der Waals surface area contributed by atoms with Gasteiger partial charge in [0.05, 0.1) is 0 Å². The van der Waals surface area contributed by atoms with E-state index in [2.05, 4.69) is 0 Å². The number of halogens is 1. The fourth-order valence-corrected chi connectivity index (χ4v) is 2.02. The van der Waals surface area contributed by atoms with E-state index in [-0.39, 0.29) is 17.3 Å². The van der Waals surface area contributed by atoms with Crippen LogP contribution in [0.3, 0.4) is 0 Å². The highest BCUT2D eigenvalue weighted by Gasteiger charge is 2.23. The molecule has 0 spiro atoms. The predicted octanol–water partition coefficient (Wildman–Crippen LogP) is 2.24. The van der Waals surface area contributed by atoms with Crippen LogP contribution in [0.15, 0.2) is 6.07 Å². The van der Waals surface area contributed by atoms with Gasteiger partial charge >= 0.3 is 0 Å². The molecule has 74 valence electrons. The van der Waals surface area contributed by atoms with Gasteiger partial charge in [0.1, 0.15) is 5.82 Å². The first-order valence-electron chi connectivity index (χ1n) is 4.72. The second-order valence-corrected chi connectivity index (χ2v) is 3.70. The quantitative estimate of drug-likeness (QED) is 0.642. The molecule has 3 heteroatoms. The van der Waals surface area contributed by atoms with Gasteiger partial charge in [-0.15, -0.1) is 0 Å². The molecule has 0 atom stereocenters. The fourth-order valence-electron chi connectivity index (χ4n) is 2.02. The van der Waals surface area contributed by atoms with E-state index in [0.717, 1.165) is 18.4 Å². The number of anilines is 1. The summed E-state index contributed by atoms with van der Waals surface area (Å²) < 4.78 is 13.3. The van der Waals surface area contributed by atoms with Crippen LogP contribution in [0, 0.1) is 12.7 Å². The Kier molecular flexibility index (Phi) is 2.02. The Labute approximate surface area is 81.9 Å². The topological polar surface area (TPSA) is 43.1 Å². The zero-order chi connectivity index (χ0) is 10.3. The Bertz CT molecular complexity index is 412. The third kappa shape index (κ3) is 1.20. The fraction of sp³-hybridized carbons (Fsp3) is 0.364. The van der Waals surface area contributed by atoms with Gasteiger partial charge in [-0.05, 0) is 37.0 Å². The summed E-state index contributed by atoms with van der Waals surface area (Å²) in [6.07, 6.45) is 2.09. The smallest absolute Gasteiger partial charge is 0.165 e. The zero-order valence-corrected chi connectivity index (χ0v) is 8.06. The first-order chi connectivity index (χ1) is 6.61. The van der Waals surface area contributed by atoms with Crippen molar-refractivity contribution >= 4 is 11.5 Å². The Balaban J connectivity index is 2.72. The van der Waals surface area contributed by atoms with Gasteiger partial charge in [0.15, 0.2) is 5.78 Å².